The lowest BCUT2D eigenvalue weighted by atomic mass is 10.1. The SMILES string of the molecule is CCc1ccccc1/N=C/c1c(F)c(F)c(F)c(F)c1Nc1ccccc1CC. The van der Waals surface area contributed by atoms with Gasteiger partial charge in [-0.05, 0) is 36.1 Å². The highest BCUT2D eigenvalue weighted by molar-refractivity contribution is 5.91. The molecule has 0 radical (unpaired) electrons. The first-order valence-electron chi connectivity index (χ1n) is 9.30. The van der Waals surface area contributed by atoms with E-state index in [1.807, 2.05) is 32.0 Å². The number of rotatable bonds is 6. The highest BCUT2D eigenvalue weighted by atomic mass is 19.2. The van der Waals surface area contributed by atoms with Crippen molar-refractivity contribution in [2.24, 2.45) is 4.99 Å². The average Bonchev–Trinajstić information content (AvgIpc) is 2.76. The molecule has 3 aromatic rings. The van der Waals surface area contributed by atoms with Gasteiger partial charge in [0.15, 0.2) is 23.3 Å². The van der Waals surface area contributed by atoms with Crippen molar-refractivity contribution in [1.29, 1.82) is 0 Å². The summed E-state index contributed by atoms with van der Waals surface area (Å²) in [6.45, 7) is 3.83. The van der Waals surface area contributed by atoms with Gasteiger partial charge in [-0.2, -0.15) is 0 Å². The van der Waals surface area contributed by atoms with Crippen molar-refractivity contribution >= 4 is 23.3 Å². The molecule has 0 heterocycles. The molecule has 0 aromatic heterocycles. The van der Waals surface area contributed by atoms with Crippen molar-refractivity contribution in [3.8, 4) is 0 Å². The van der Waals surface area contributed by atoms with E-state index in [1.165, 1.54) is 0 Å². The van der Waals surface area contributed by atoms with Crippen LogP contribution in [0, 0.1) is 23.3 Å². The third kappa shape index (κ3) is 4.16. The fourth-order valence-electron chi connectivity index (χ4n) is 3.05. The number of hydrogen-bond acceptors (Lipinski definition) is 2. The molecule has 6 heteroatoms. The third-order valence-corrected chi connectivity index (χ3v) is 4.67. The number of aliphatic imine (C=N–C) groups is 1. The summed E-state index contributed by atoms with van der Waals surface area (Å²) in [7, 11) is 0. The van der Waals surface area contributed by atoms with E-state index in [1.54, 1.807) is 30.3 Å². The summed E-state index contributed by atoms with van der Waals surface area (Å²) < 4.78 is 57.0. The molecule has 0 fully saturated rings. The Hall–Kier alpha value is -3.15. The van der Waals surface area contributed by atoms with Crippen LogP contribution in [0.4, 0.5) is 34.6 Å². The van der Waals surface area contributed by atoms with Gasteiger partial charge in [0.2, 0.25) is 0 Å². The second kappa shape index (κ2) is 8.90. The number of halogens is 4. The molecule has 0 spiro atoms. The predicted octanol–water partition coefficient (Wildman–Crippen LogP) is 6.86. The number of hydrogen-bond donors (Lipinski definition) is 1. The second-order valence-electron chi connectivity index (χ2n) is 6.42. The first-order chi connectivity index (χ1) is 14.0. The Morgan fingerprint density at radius 1 is 0.759 bits per heavy atom. The van der Waals surface area contributed by atoms with Gasteiger partial charge in [-0.15, -0.1) is 0 Å². The summed E-state index contributed by atoms with van der Waals surface area (Å²) in [5.41, 5.74) is 1.73. The van der Waals surface area contributed by atoms with Crippen molar-refractivity contribution in [2.45, 2.75) is 26.7 Å². The van der Waals surface area contributed by atoms with Crippen molar-refractivity contribution in [3.05, 3.63) is 88.5 Å². The van der Waals surface area contributed by atoms with Crippen LogP contribution in [0.1, 0.15) is 30.5 Å². The Bertz CT molecular complexity index is 1060. The Balaban J connectivity index is 2.14. The summed E-state index contributed by atoms with van der Waals surface area (Å²) in [5, 5.41) is 2.72. The van der Waals surface area contributed by atoms with Crippen LogP contribution in [0.3, 0.4) is 0 Å². The number of anilines is 2. The van der Waals surface area contributed by atoms with E-state index in [2.05, 4.69) is 10.3 Å². The van der Waals surface area contributed by atoms with E-state index in [0.717, 1.165) is 17.3 Å². The molecule has 0 saturated carbocycles. The van der Waals surface area contributed by atoms with E-state index in [9.17, 15) is 17.6 Å². The molecule has 29 heavy (non-hydrogen) atoms. The molecule has 150 valence electrons. The molecule has 0 atom stereocenters. The number of nitrogens with zero attached hydrogens (tertiary/aromatic N) is 1. The van der Waals surface area contributed by atoms with Crippen molar-refractivity contribution in [2.75, 3.05) is 5.32 Å². The average molecular weight is 400 g/mol. The Kier molecular flexibility index (Phi) is 6.32. The highest BCUT2D eigenvalue weighted by Crippen LogP contribution is 2.32. The molecular formula is C23H20F4N2. The Morgan fingerprint density at radius 2 is 1.34 bits per heavy atom. The van der Waals surface area contributed by atoms with Crippen LogP contribution in [-0.4, -0.2) is 6.21 Å². The maximum atomic E-state index is 14.6. The normalized spacial score (nSPS) is 11.2. The predicted molar refractivity (Wildman–Crippen MR) is 108 cm³/mol. The van der Waals surface area contributed by atoms with E-state index in [-0.39, 0.29) is 0 Å². The molecule has 0 amide bonds. The minimum Gasteiger partial charge on any atom is -0.352 e. The monoisotopic (exact) mass is 400 g/mol. The van der Waals surface area contributed by atoms with Gasteiger partial charge in [0.25, 0.3) is 0 Å². The topological polar surface area (TPSA) is 24.4 Å². The molecule has 2 nitrogen and oxygen atoms in total. The third-order valence-electron chi connectivity index (χ3n) is 4.67. The van der Waals surface area contributed by atoms with Crippen LogP contribution < -0.4 is 5.32 Å². The maximum absolute atomic E-state index is 14.6. The van der Waals surface area contributed by atoms with E-state index >= 15 is 0 Å². The maximum Gasteiger partial charge on any atom is 0.199 e. The first-order valence-corrected chi connectivity index (χ1v) is 9.30. The van der Waals surface area contributed by atoms with Crippen LogP contribution in [0.2, 0.25) is 0 Å². The molecule has 0 saturated heterocycles. The molecule has 3 aromatic carbocycles. The van der Waals surface area contributed by atoms with Crippen LogP contribution in [0.15, 0.2) is 53.5 Å². The van der Waals surface area contributed by atoms with Crippen molar-refractivity contribution < 1.29 is 17.6 Å². The zero-order chi connectivity index (χ0) is 21.0. The van der Waals surface area contributed by atoms with E-state index in [4.69, 9.17) is 0 Å². The molecule has 3 rings (SSSR count). The van der Waals surface area contributed by atoms with Crippen LogP contribution in [-0.2, 0) is 12.8 Å². The van der Waals surface area contributed by atoms with Crippen molar-refractivity contribution in [1.82, 2.24) is 0 Å². The number of aryl methyl sites for hydroxylation is 2. The molecule has 1 N–H and O–H groups in total. The number of para-hydroxylation sites is 2. The van der Waals surface area contributed by atoms with Gasteiger partial charge in [-0.1, -0.05) is 50.2 Å². The summed E-state index contributed by atoms with van der Waals surface area (Å²) in [5.74, 6) is -6.75. The molecule has 0 aliphatic rings. The quantitative estimate of drug-likeness (QED) is 0.208. The Labute approximate surface area is 166 Å². The summed E-state index contributed by atoms with van der Waals surface area (Å²) in [4.78, 5) is 4.20. The second-order valence-corrected chi connectivity index (χ2v) is 6.42. The van der Waals surface area contributed by atoms with Gasteiger partial charge < -0.3 is 5.32 Å². The molecular weight excluding hydrogens is 380 g/mol. The fraction of sp³-hybridized carbons (Fsp3) is 0.174. The van der Waals surface area contributed by atoms with Gasteiger partial charge in [-0.25, -0.2) is 17.6 Å². The first kappa shape index (κ1) is 20.6. The summed E-state index contributed by atoms with van der Waals surface area (Å²) in [6, 6.07) is 14.1. The van der Waals surface area contributed by atoms with Gasteiger partial charge in [0.1, 0.15) is 0 Å². The highest BCUT2D eigenvalue weighted by Gasteiger charge is 2.25. The molecule has 0 bridgehead atoms. The number of nitrogens with one attached hydrogen (secondary N) is 1. The lowest BCUT2D eigenvalue weighted by molar-refractivity contribution is 0.410. The van der Waals surface area contributed by atoms with Gasteiger partial charge in [0.05, 0.1) is 16.9 Å². The smallest absolute Gasteiger partial charge is 0.199 e. The lowest BCUT2D eigenvalue weighted by Crippen LogP contribution is -2.09. The summed E-state index contributed by atoms with van der Waals surface area (Å²) in [6.07, 6.45) is 2.31. The zero-order valence-corrected chi connectivity index (χ0v) is 16.1. The minimum absolute atomic E-state index is 0.475. The van der Waals surface area contributed by atoms with Gasteiger partial charge in [0, 0.05) is 11.9 Å². The van der Waals surface area contributed by atoms with Crippen LogP contribution >= 0.6 is 0 Å². The largest absolute Gasteiger partial charge is 0.352 e. The minimum atomic E-state index is -1.87. The van der Waals surface area contributed by atoms with E-state index in [0.29, 0.717) is 24.2 Å². The van der Waals surface area contributed by atoms with Crippen LogP contribution in [0.25, 0.3) is 0 Å². The summed E-state index contributed by atoms with van der Waals surface area (Å²) >= 11 is 0. The Morgan fingerprint density at radius 3 is 2.03 bits per heavy atom. The molecule has 0 aliphatic heterocycles. The molecule has 0 unspecified atom stereocenters. The van der Waals surface area contributed by atoms with E-state index < -0.39 is 34.5 Å². The zero-order valence-electron chi connectivity index (χ0n) is 16.1. The standard InChI is InChI=1S/C23H20F4N2/c1-3-14-9-5-7-11-17(14)28-13-16-19(24)20(25)21(26)22(27)23(16)29-18-12-8-6-10-15(18)4-2/h5-13,29H,3-4H2,1-2H3/b28-13+. The number of benzene rings is 3. The van der Waals surface area contributed by atoms with Gasteiger partial charge >= 0.3 is 0 Å². The van der Waals surface area contributed by atoms with Gasteiger partial charge in [-0.3, -0.25) is 4.99 Å². The fourth-order valence-corrected chi connectivity index (χ4v) is 3.05. The molecule has 0 aliphatic carbocycles. The lowest BCUT2D eigenvalue weighted by Gasteiger charge is -2.15. The van der Waals surface area contributed by atoms with Crippen LogP contribution in [0.5, 0.6) is 0 Å². The van der Waals surface area contributed by atoms with Crippen molar-refractivity contribution in [3.63, 3.8) is 0 Å².